The number of hydrogen-bond donors (Lipinski definition) is 1. The molecule has 2 aromatic rings. The van der Waals surface area contributed by atoms with Crippen LogP contribution in [0.5, 0.6) is 5.75 Å². The molecule has 0 aliphatic rings. The Morgan fingerprint density at radius 2 is 2.22 bits per heavy atom. The number of halogens is 2. The predicted octanol–water partition coefficient (Wildman–Crippen LogP) is 2.29. The quantitative estimate of drug-likeness (QED) is 0.937. The van der Waals surface area contributed by atoms with Crippen molar-refractivity contribution in [2.24, 2.45) is 12.8 Å². The van der Waals surface area contributed by atoms with E-state index in [1.165, 1.54) is 0 Å². The lowest BCUT2D eigenvalue weighted by Gasteiger charge is -2.16. The number of nitrogens with two attached hydrogens (primary N) is 1. The normalized spacial score (nSPS) is 12.5. The van der Waals surface area contributed by atoms with E-state index in [1.807, 2.05) is 6.07 Å². The summed E-state index contributed by atoms with van der Waals surface area (Å²) in [5.41, 5.74) is 7.84. The number of rotatable bonds is 3. The highest BCUT2D eigenvalue weighted by Gasteiger charge is 2.21. The molecule has 0 bridgehead atoms. The summed E-state index contributed by atoms with van der Waals surface area (Å²) in [6, 6.07) is 4.95. The number of nitrogens with zero attached hydrogens (tertiary/aromatic N) is 3. The summed E-state index contributed by atoms with van der Waals surface area (Å²) < 4.78 is 7.54. The topological polar surface area (TPSA) is 66.0 Å². The van der Waals surface area contributed by atoms with Gasteiger partial charge in [-0.2, -0.15) is 0 Å². The Morgan fingerprint density at radius 1 is 1.50 bits per heavy atom. The van der Waals surface area contributed by atoms with Crippen LogP contribution in [-0.4, -0.2) is 22.1 Å². The van der Waals surface area contributed by atoms with Gasteiger partial charge in [0.25, 0.3) is 0 Å². The molecule has 1 aromatic carbocycles. The summed E-state index contributed by atoms with van der Waals surface area (Å²) in [6.07, 6.45) is 0. The minimum absolute atomic E-state index is 0.397. The van der Waals surface area contributed by atoms with Gasteiger partial charge in [-0.05, 0) is 28.1 Å². The van der Waals surface area contributed by atoms with E-state index < -0.39 is 6.04 Å². The van der Waals surface area contributed by atoms with Crippen molar-refractivity contribution >= 4 is 27.5 Å². The Labute approximate surface area is 118 Å². The first-order valence-electron chi connectivity index (χ1n) is 5.18. The van der Waals surface area contributed by atoms with Crippen LogP contribution in [0.15, 0.2) is 22.8 Å². The third-order valence-electron chi connectivity index (χ3n) is 2.65. The molecule has 96 valence electrons. The molecule has 0 aliphatic carbocycles. The molecule has 0 aliphatic heterocycles. The van der Waals surface area contributed by atoms with Crippen molar-refractivity contribution in [1.82, 2.24) is 15.0 Å². The van der Waals surface area contributed by atoms with Gasteiger partial charge in [-0.25, -0.2) is 4.68 Å². The van der Waals surface area contributed by atoms with E-state index in [9.17, 15) is 0 Å². The van der Waals surface area contributed by atoms with Gasteiger partial charge in [0.1, 0.15) is 5.75 Å². The fraction of sp³-hybridized carbons (Fsp3) is 0.273. The maximum atomic E-state index is 6.23. The van der Waals surface area contributed by atoms with Gasteiger partial charge < -0.3 is 10.5 Å². The second-order valence-corrected chi connectivity index (χ2v) is 4.94. The van der Waals surface area contributed by atoms with E-state index >= 15 is 0 Å². The lowest BCUT2D eigenvalue weighted by molar-refractivity contribution is 0.407. The number of aromatic nitrogens is 3. The zero-order valence-corrected chi connectivity index (χ0v) is 12.2. The van der Waals surface area contributed by atoms with E-state index in [0.717, 1.165) is 11.3 Å². The van der Waals surface area contributed by atoms with Crippen molar-refractivity contribution < 1.29 is 4.74 Å². The highest BCUT2D eigenvalue weighted by atomic mass is 79.9. The third kappa shape index (κ3) is 2.36. The van der Waals surface area contributed by atoms with Crippen molar-refractivity contribution in [3.05, 3.63) is 39.1 Å². The van der Waals surface area contributed by atoms with Crippen LogP contribution in [0.3, 0.4) is 0 Å². The SMILES string of the molecule is COc1cc(Cl)ccc1C(N)c1c(Br)nnn1C. The Kier molecular flexibility index (Phi) is 3.89. The highest BCUT2D eigenvalue weighted by molar-refractivity contribution is 9.10. The lowest BCUT2D eigenvalue weighted by atomic mass is 10.0. The number of aryl methyl sites for hydroxylation is 1. The first-order chi connectivity index (χ1) is 8.54. The molecule has 1 heterocycles. The van der Waals surface area contributed by atoms with Crippen molar-refractivity contribution in [2.75, 3.05) is 7.11 Å². The predicted molar refractivity (Wildman–Crippen MR) is 72.7 cm³/mol. The first kappa shape index (κ1) is 13.3. The molecule has 1 atom stereocenters. The maximum absolute atomic E-state index is 6.23. The Balaban J connectivity index is 2.49. The number of benzene rings is 1. The summed E-state index contributed by atoms with van der Waals surface area (Å²) in [4.78, 5) is 0. The molecule has 0 radical (unpaired) electrons. The Morgan fingerprint density at radius 3 is 2.78 bits per heavy atom. The van der Waals surface area contributed by atoms with Gasteiger partial charge in [-0.3, -0.25) is 0 Å². The fourth-order valence-corrected chi connectivity index (χ4v) is 2.49. The van der Waals surface area contributed by atoms with Crippen LogP contribution < -0.4 is 10.5 Å². The minimum atomic E-state index is -0.397. The first-order valence-corrected chi connectivity index (χ1v) is 6.35. The molecule has 0 saturated carbocycles. The summed E-state index contributed by atoms with van der Waals surface area (Å²) in [5, 5.41) is 8.43. The molecule has 2 rings (SSSR count). The average Bonchev–Trinajstić information content (AvgIpc) is 2.68. The highest BCUT2D eigenvalue weighted by Crippen LogP contribution is 2.32. The van der Waals surface area contributed by atoms with Crippen LogP contribution in [0, 0.1) is 0 Å². The molecule has 0 saturated heterocycles. The van der Waals surface area contributed by atoms with Gasteiger partial charge in [0, 0.05) is 17.6 Å². The monoisotopic (exact) mass is 330 g/mol. The summed E-state index contributed by atoms with van der Waals surface area (Å²) in [6.45, 7) is 0. The molecular formula is C11H12BrClN4O. The summed E-state index contributed by atoms with van der Waals surface area (Å²) >= 11 is 9.26. The fourth-order valence-electron chi connectivity index (χ4n) is 1.76. The standard InChI is InChI=1S/C11H12BrClN4O/c1-17-10(11(12)15-16-17)9(14)7-4-3-6(13)5-8(7)18-2/h3-5,9H,14H2,1-2H3. The smallest absolute Gasteiger partial charge is 0.153 e. The number of hydrogen-bond acceptors (Lipinski definition) is 4. The van der Waals surface area contributed by atoms with Gasteiger partial charge in [0.2, 0.25) is 0 Å². The minimum Gasteiger partial charge on any atom is -0.496 e. The van der Waals surface area contributed by atoms with Crippen LogP contribution >= 0.6 is 27.5 Å². The van der Waals surface area contributed by atoms with Crippen molar-refractivity contribution in [3.63, 3.8) is 0 Å². The zero-order chi connectivity index (χ0) is 13.3. The van der Waals surface area contributed by atoms with Gasteiger partial charge in [0.05, 0.1) is 18.8 Å². The Hall–Kier alpha value is -1.11. The second kappa shape index (κ2) is 5.26. The number of ether oxygens (including phenoxy) is 1. The maximum Gasteiger partial charge on any atom is 0.153 e. The molecule has 0 fully saturated rings. The molecule has 1 aromatic heterocycles. The van der Waals surface area contributed by atoms with E-state index in [-0.39, 0.29) is 0 Å². The molecule has 2 N–H and O–H groups in total. The molecule has 5 nitrogen and oxygen atoms in total. The molecular weight excluding hydrogens is 320 g/mol. The van der Waals surface area contributed by atoms with Crippen LogP contribution in [-0.2, 0) is 7.05 Å². The van der Waals surface area contributed by atoms with Gasteiger partial charge in [-0.1, -0.05) is 22.9 Å². The van der Waals surface area contributed by atoms with Crippen molar-refractivity contribution in [3.8, 4) is 5.75 Å². The molecule has 0 amide bonds. The van der Waals surface area contributed by atoms with E-state index in [2.05, 4.69) is 26.2 Å². The zero-order valence-electron chi connectivity index (χ0n) is 9.89. The van der Waals surface area contributed by atoms with Crippen LogP contribution in [0.4, 0.5) is 0 Å². The average molecular weight is 332 g/mol. The van der Waals surface area contributed by atoms with Crippen LogP contribution in [0.1, 0.15) is 17.3 Å². The van der Waals surface area contributed by atoms with Crippen LogP contribution in [0.2, 0.25) is 5.02 Å². The third-order valence-corrected chi connectivity index (χ3v) is 3.45. The molecule has 1 unspecified atom stereocenters. The van der Waals surface area contributed by atoms with E-state index in [4.69, 9.17) is 22.1 Å². The van der Waals surface area contributed by atoms with Crippen molar-refractivity contribution in [2.45, 2.75) is 6.04 Å². The molecule has 0 spiro atoms. The second-order valence-electron chi connectivity index (χ2n) is 3.75. The molecule has 7 heteroatoms. The summed E-state index contributed by atoms with van der Waals surface area (Å²) in [7, 11) is 3.37. The van der Waals surface area contributed by atoms with Gasteiger partial charge >= 0.3 is 0 Å². The number of methoxy groups -OCH3 is 1. The molecule has 18 heavy (non-hydrogen) atoms. The Bertz CT molecular complexity index is 553. The van der Waals surface area contributed by atoms with E-state index in [0.29, 0.717) is 15.4 Å². The summed E-state index contributed by atoms with van der Waals surface area (Å²) in [5.74, 6) is 0.642. The van der Waals surface area contributed by atoms with Gasteiger partial charge in [-0.15, -0.1) is 5.10 Å². The van der Waals surface area contributed by atoms with Gasteiger partial charge in [0.15, 0.2) is 4.60 Å². The largest absolute Gasteiger partial charge is 0.496 e. The van der Waals surface area contributed by atoms with E-state index in [1.54, 1.807) is 31.0 Å². The lowest BCUT2D eigenvalue weighted by Crippen LogP contribution is -2.17. The van der Waals surface area contributed by atoms with Crippen molar-refractivity contribution in [1.29, 1.82) is 0 Å². The van der Waals surface area contributed by atoms with Crippen LogP contribution in [0.25, 0.3) is 0 Å².